The molecule has 2 aromatic rings. The number of benzene rings is 2. The highest BCUT2D eigenvalue weighted by Gasteiger charge is 2.16. The van der Waals surface area contributed by atoms with Gasteiger partial charge in [-0.2, -0.15) is 5.10 Å². The molecule has 146 valence electrons. The predicted octanol–water partition coefficient (Wildman–Crippen LogP) is 4.63. The maximum absolute atomic E-state index is 11.2. The van der Waals surface area contributed by atoms with Crippen molar-refractivity contribution in [1.82, 2.24) is 5.32 Å². The number of hydrogen-bond acceptors (Lipinski definition) is 6. The fraction of sp³-hybridized carbons (Fsp3) is 0.211. The molecule has 0 spiro atoms. The van der Waals surface area contributed by atoms with Gasteiger partial charge < -0.3 is 14.8 Å². The van der Waals surface area contributed by atoms with E-state index in [0.717, 1.165) is 15.6 Å². The molecule has 1 amide bonds. The predicted molar refractivity (Wildman–Crippen MR) is 117 cm³/mol. The van der Waals surface area contributed by atoms with Crippen LogP contribution >= 0.6 is 39.3 Å². The zero-order valence-corrected chi connectivity index (χ0v) is 18.1. The summed E-state index contributed by atoms with van der Waals surface area (Å²) in [6.07, 6.45) is 1.59. The monoisotopic (exact) mass is 481 g/mol. The van der Waals surface area contributed by atoms with Gasteiger partial charge >= 0.3 is 0 Å². The molecule has 0 unspecified atom stereocenters. The number of carbonyl (C=O) groups is 1. The normalized spacial score (nSPS) is 15.2. The summed E-state index contributed by atoms with van der Waals surface area (Å²) in [5, 5.41) is 11.8. The molecular formula is C19H17BrClN3O3S. The van der Waals surface area contributed by atoms with E-state index in [1.54, 1.807) is 6.21 Å². The molecule has 0 aliphatic carbocycles. The van der Waals surface area contributed by atoms with Gasteiger partial charge in [-0.1, -0.05) is 41.6 Å². The third-order valence-corrected chi connectivity index (χ3v) is 5.55. The Balaban J connectivity index is 1.77. The molecule has 1 heterocycles. The zero-order chi connectivity index (χ0) is 19.9. The number of halogens is 2. The van der Waals surface area contributed by atoms with Gasteiger partial charge in [0.2, 0.25) is 5.91 Å². The number of nitrogens with one attached hydrogen (secondary N) is 1. The van der Waals surface area contributed by atoms with Crippen molar-refractivity contribution >= 4 is 56.6 Å². The topological polar surface area (TPSA) is 72.3 Å². The molecular weight excluding hydrogens is 466 g/mol. The van der Waals surface area contributed by atoms with Crippen LogP contribution in [0.15, 0.2) is 51.1 Å². The molecule has 6 nitrogen and oxygen atoms in total. The van der Waals surface area contributed by atoms with Gasteiger partial charge in [0.1, 0.15) is 6.61 Å². The molecule has 9 heteroatoms. The quantitative estimate of drug-likeness (QED) is 0.461. The molecule has 0 saturated carbocycles. The lowest BCUT2D eigenvalue weighted by Crippen LogP contribution is -2.19. The average molecular weight is 483 g/mol. The second kappa shape index (κ2) is 9.95. The number of nitrogens with zero attached hydrogens (tertiary/aromatic N) is 2. The SMILES string of the molecule is CCOc1cc(C=NN=C2NC(=O)CS2)c(Br)cc1OCc1ccccc1Cl. The molecule has 1 aliphatic heterocycles. The van der Waals surface area contributed by atoms with Gasteiger partial charge in [0, 0.05) is 20.6 Å². The van der Waals surface area contributed by atoms with Crippen molar-refractivity contribution in [3.05, 3.63) is 57.0 Å². The first-order valence-corrected chi connectivity index (χ1v) is 10.6. The number of amides is 1. The Bertz CT molecular complexity index is 937. The average Bonchev–Trinajstić information content (AvgIpc) is 3.09. The maximum Gasteiger partial charge on any atom is 0.236 e. The first-order valence-electron chi connectivity index (χ1n) is 8.43. The van der Waals surface area contributed by atoms with Gasteiger partial charge in [-0.15, -0.1) is 5.10 Å². The van der Waals surface area contributed by atoms with E-state index >= 15 is 0 Å². The molecule has 0 bridgehead atoms. The smallest absolute Gasteiger partial charge is 0.236 e. The van der Waals surface area contributed by atoms with Crippen LogP contribution in [0.2, 0.25) is 5.02 Å². The van der Waals surface area contributed by atoms with Gasteiger partial charge in [-0.25, -0.2) is 0 Å². The maximum atomic E-state index is 11.2. The Morgan fingerprint density at radius 3 is 2.79 bits per heavy atom. The highest BCUT2D eigenvalue weighted by molar-refractivity contribution is 9.10. The van der Waals surface area contributed by atoms with E-state index < -0.39 is 0 Å². The lowest BCUT2D eigenvalue weighted by atomic mass is 10.2. The summed E-state index contributed by atoms with van der Waals surface area (Å²) in [5.74, 6) is 1.48. The molecule has 1 N–H and O–H groups in total. The summed E-state index contributed by atoms with van der Waals surface area (Å²) >= 11 is 11.0. The van der Waals surface area contributed by atoms with E-state index in [0.29, 0.717) is 40.7 Å². The third kappa shape index (κ3) is 5.50. The van der Waals surface area contributed by atoms with E-state index in [9.17, 15) is 4.79 Å². The van der Waals surface area contributed by atoms with Crippen molar-refractivity contribution in [3.63, 3.8) is 0 Å². The second-order valence-electron chi connectivity index (χ2n) is 5.62. The Kier molecular flexibility index (Phi) is 7.36. The first kappa shape index (κ1) is 20.7. The molecule has 1 fully saturated rings. The fourth-order valence-corrected chi connectivity index (χ4v) is 3.57. The van der Waals surface area contributed by atoms with Gasteiger partial charge in [-0.3, -0.25) is 4.79 Å². The molecule has 0 atom stereocenters. The van der Waals surface area contributed by atoms with Gasteiger partial charge in [0.05, 0.1) is 18.6 Å². The van der Waals surface area contributed by atoms with Crippen LogP contribution in [0.1, 0.15) is 18.1 Å². The van der Waals surface area contributed by atoms with Crippen LogP contribution < -0.4 is 14.8 Å². The van der Waals surface area contributed by atoms with Crippen molar-refractivity contribution in [3.8, 4) is 11.5 Å². The summed E-state index contributed by atoms with van der Waals surface area (Å²) in [5.41, 5.74) is 1.66. The van der Waals surface area contributed by atoms with Crippen molar-refractivity contribution in [1.29, 1.82) is 0 Å². The van der Waals surface area contributed by atoms with E-state index in [1.807, 2.05) is 43.3 Å². The highest BCUT2D eigenvalue weighted by Crippen LogP contribution is 2.34. The fourth-order valence-electron chi connectivity index (χ4n) is 2.32. The summed E-state index contributed by atoms with van der Waals surface area (Å²) in [4.78, 5) is 11.2. The largest absolute Gasteiger partial charge is 0.490 e. The number of carbonyl (C=O) groups excluding carboxylic acids is 1. The Hall–Kier alpha value is -2.03. The number of hydrogen-bond donors (Lipinski definition) is 1. The van der Waals surface area contributed by atoms with Crippen LogP contribution in [0.5, 0.6) is 11.5 Å². The summed E-state index contributed by atoms with van der Waals surface area (Å²) in [7, 11) is 0. The minimum Gasteiger partial charge on any atom is -0.490 e. The Morgan fingerprint density at radius 1 is 1.29 bits per heavy atom. The van der Waals surface area contributed by atoms with Gasteiger partial charge in [-0.05, 0) is 41.1 Å². The van der Waals surface area contributed by atoms with Crippen LogP contribution in [0.25, 0.3) is 0 Å². The molecule has 1 aliphatic rings. The number of amidine groups is 1. The zero-order valence-electron chi connectivity index (χ0n) is 14.9. The molecule has 0 radical (unpaired) electrons. The van der Waals surface area contributed by atoms with Gasteiger partial charge in [0.15, 0.2) is 16.7 Å². The second-order valence-corrected chi connectivity index (χ2v) is 7.85. The molecule has 0 aromatic heterocycles. The van der Waals surface area contributed by atoms with E-state index in [2.05, 4.69) is 31.4 Å². The van der Waals surface area contributed by atoms with E-state index in [4.69, 9.17) is 21.1 Å². The molecule has 2 aromatic carbocycles. The van der Waals surface area contributed by atoms with Crippen LogP contribution in [0.3, 0.4) is 0 Å². The van der Waals surface area contributed by atoms with Gasteiger partial charge in [0.25, 0.3) is 0 Å². The summed E-state index contributed by atoms with van der Waals surface area (Å²) in [6, 6.07) is 11.2. The molecule has 28 heavy (non-hydrogen) atoms. The van der Waals surface area contributed by atoms with E-state index in [-0.39, 0.29) is 5.91 Å². The minimum absolute atomic E-state index is 0.0706. The number of ether oxygens (including phenoxy) is 2. The minimum atomic E-state index is -0.0706. The van der Waals surface area contributed by atoms with Crippen molar-refractivity contribution in [2.75, 3.05) is 12.4 Å². The molecule has 1 saturated heterocycles. The number of rotatable bonds is 7. The lowest BCUT2D eigenvalue weighted by Gasteiger charge is -2.14. The third-order valence-electron chi connectivity index (χ3n) is 3.64. The van der Waals surface area contributed by atoms with Crippen LogP contribution in [-0.2, 0) is 11.4 Å². The Labute approximate surface area is 180 Å². The van der Waals surface area contributed by atoms with Crippen LogP contribution in [0.4, 0.5) is 0 Å². The first-order chi connectivity index (χ1) is 13.6. The van der Waals surface area contributed by atoms with Crippen molar-refractivity contribution in [2.24, 2.45) is 10.2 Å². The lowest BCUT2D eigenvalue weighted by molar-refractivity contribution is -0.116. The van der Waals surface area contributed by atoms with Crippen molar-refractivity contribution in [2.45, 2.75) is 13.5 Å². The van der Waals surface area contributed by atoms with Crippen molar-refractivity contribution < 1.29 is 14.3 Å². The molecule has 3 rings (SSSR count). The Morgan fingerprint density at radius 2 is 2.07 bits per heavy atom. The standard InChI is InChI=1S/C19H17BrClN3O3S/c1-2-26-16-7-13(9-22-24-19-23-18(25)11-28-19)14(20)8-17(16)27-10-12-5-3-4-6-15(12)21/h3-9H,2,10-11H2,1H3,(H,23,24,25). The van der Waals surface area contributed by atoms with E-state index in [1.165, 1.54) is 11.8 Å². The van der Waals surface area contributed by atoms with Crippen LogP contribution in [-0.4, -0.2) is 29.6 Å². The highest BCUT2D eigenvalue weighted by atomic mass is 79.9. The summed E-state index contributed by atoms with van der Waals surface area (Å²) < 4.78 is 12.4. The number of thioether (sulfide) groups is 1. The van der Waals surface area contributed by atoms with Crippen LogP contribution in [0, 0.1) is 0 Å². The summed E-state index contributed by atoms with van der Waals surface area (Å²) in [6.45, 7) is 2.72.